The Balaban J connectivity index is 1.11. The monoisotopic (exact) mass is 463 g/mol. The maximum atomic E-state index is 13.2. The van der Waals surface area contributed by atoms with Crippen molar-refractivity contribution < 1.29 is 9.18 Å². The van der Waals surface area contributed by atoms with Gasteiger partial charge in [0, 0.05) is 19.3 Å². The van der Waals surface area contributed by atoms with Crippen LogP contribution < -0.4 is 16.4 Å². The summed E-state index contributed by atoms with van der Waals surface area (Å²) < 4.78 is 15.1. The Morgan fingerprint density at radius 2 is 1.85 bits per heavy atom. The summed E-state index contributed by atoms with van der Waals surface area (Å²) in [7, 11) is 0. The van der Waals surface area contributed by atoms with Gasteiger partial charge in [0.05, 0.1) is 18.4 Å². The van der Waals surface area contributed by atoms with E-state index in [0.29, 0.717) is 30.0 Å². The van der Waals surface area contributed by atoms with Gasteiger partial charge in [0.2, 0.25) is 0 Å². The van der Waals surface area contributed by atoms with Crippen LogP contribution in [0.5, 0.6) is 0 Å². The first-order valence-corrected chi connectivity index (χ1v) is 12.2. The van der Waals surface area contributed by atoms with Crippen LogP contribution in [0.2, 0.25) is 0 Å². The van der Waals surface area contributed by atoms with Gasteiger partial charge in [-0.2, -0.15) is 0 Å². The van der Waals surface area contributed by atoms with Gasteiger partial charge in [0.15, 0.2) is 11.6 Å². The van der Waals surface area contributed by atoms with E-state index in [1.165, 1.54) is 38.5 Å². The van der Waals surface area contributed by atoms with Gasteiger partial charge in [0.25, 0.3) is 5.91 Å². The number of carbonyl (C=O) groups excluding carboxylic acids is 1. The van der Waals surface area contributed by atoms with Crippen LogP contribution in [0.1, 0.15) is 60.5 Å². The largest absolute Gasteiger partial charge is 0.381 e. The lowest BCUT2D eigenvalue weighted by molar-refractivity contribution is -0.0503. The molecule has 4 bridgehead atoms. The van der Waals surface area contributed by atoms with E-state index in [-0.39, 0.29) is 11.7 Å². The first-order valence-electron chi connectivity index (χ1n) is 12.2. The molecular weight excluding hydrogens is 433 g/mol. The number of nitrogens with one attached hydrogen (secondary N) is 2. The molecule has 0 aromatic carbocycles. The van der Waals surface area contributed by atoms with E-state index in [0.717, 1.165) is 41.8 Å². The zero-order chi connectivity index (χ0) is 23.3. The molecule has 3 heterocycles. The first-order chi connectivity index (χ1) is 16.5. The molecule has 3 aromatic rings. The van der Waals surface area contributed by atoms with Gasteiger partial charge >= 0.3 is 0 Å². The minimum absolute atomic E-state index is 0.0477. The molecule has 0 aliphatic heterocycles. The van der Waals surface area contributed by atoms with Gasteiger partial charge in [-0.3, -0.25) is 9.20 Å². The molecule has 0 spiro atoms. The van der Waals surface area contributed by atoms with Crippen LogP contribution in [0.15, 0.2) is 30.6 Å². The number of aromatic nitrogens is 4. The van der Waals surface area contributed by atoms with E-state index in [1.54, 1.807) is 0 Å². The Kier molecular flexibility index (Phi) is 5.24. The normalized spacial score (nSPS) is 27.4. The van der Waals surface area contributed by atoms with Crippen LogP contribution in [0, 0.1) is 29.0 Å². The number of nitrogens with two attached hydrogens (primary N) is 1. The van der Waals surface area contributed by atoms with Crippen LogP contribution >= 0.6 is 0 Å². The number of pyridine rings is 1. The highest BCUT2D eigenvalue weighted by Gasteiger charge is 2.50. The summed E-state index contributed by atoms with van der Waals surface area (Å²) in [5, 5.41) is 6.46. The fourth-order valence-corrected chi connectivity index (χ4v) is 7.00. The van der Waals surface area contributed by atoms with Crippen molar-refractivity contribution in [3.8, 4) is 0 Å². The molecule has 0 atom stereocenters. The summed E-state index contributed by atoms with van der Waals surface area (Å²) in [6.07, 6.45) is 11.0. The molecule has 3 aromatic heterocycles. The molecule has 7 rings (SSSR count). The summed E-state index contributed by atoms with van der Waals surface area (Å²) in [5.41, 5.74) is 7.90. The van der Waals surface area contributed by atoms with Crippen LogP contribution in [0.4, 0.5) is 10.2 Å². The standard InChI is InChI=1S/C25H30FN7O/c26-19-11-29-21(32-23(19)27)12-28-10-18-13-33-20(2-1-3-22(33)31-18)24(34)30-14-25-7-15-4-16(8-25)6-17(5-15)9-25/h1-3,11,13,15-17,28H,4-10,12,14H2,(H,30,34)(H2,27,29,32). The topological polar surface area (TPSA) is 110 Å². The number of imidazole rings is 1. The second kappa shape index (κ2) is 8.30. The Bertz CT molecular complexity index is 1200. The quantitative estimate of drug-likeness (QED) is 0.497. The molecule has 34 heavy (non-hydrogen) atoms. The van der Waals surface area contributed by atoms with E-state index in [2.05, 4.69) is 25.6 Å². The van der Waals surface area contributed by atoms with Crippen molar-refractivity contribution in [2.24, 2.45) is 23.2 Å². The van der Waals surface area contributed by atoms with Gasteiger partial charge in [-0.05, 0) is 73.8 Å². The van der Waals surface area contributed by atoms with Crippen molar-refractivity contribution in [1.82, 2.24) is 30.0 Å². The molecule has 4 aliphatic carbocycles. The number of nitrogen functional groups attached to an aromatic ring is 1. The maximum Gasteiger partial charge on any atom is 0.268 e. The van der Waals surface area contributed by atoms with Gasteiger partial charge in [0.1, 0.15) is 17.2 Å². The lowest BCUT2D eigenvalue weighted by Crippen LogP contribution is -2.51. The molecule has 4 saturated carbocycles. The molecule has 0 unspecified atom stereocenters. The predicted molar refractivity (Wildman–Crippen MR) is 125 cm³/mol. The average molecular weight is 464 g/mol. The smallest absolute Gasteiger partial charge is 0.268 e. The Morgan fingerprint density at radius 3 is 2.56 bits per heavy atom. The van der Waals surface area contributed by atoms with Gasteiger partial charge in [-0.1, -0.05) is 6.07 Å². The molecule has 0 radical (unpaired) electrons. The number of anilines is 1. The Morgan fingerprint density at radius 1 is 1.12 bits per heavy atom. The molecule has 0 saturated heterocycles. The van der Waals surface area contributed by atoms with Crippen molar-refractivity contribution >= 4 is 17.4 Å². The van der Waals surface area contributed by atoms with Crippen molar-refractivity contribution in [2.75, 3.05) is 12.3 Å². The van der Waals surface area contributed by atoms with Crippen LogP contribution in [0.25, 0.3) is 5.65 Å². The van der Waals surface area contributed by atoms with Crippen LogP contribution in [-0.2, 0) is 13.1 Å². The van der Waals surface area contributed by atoms with Gasteiger partial charge in [-0.15, -0.1) is 0 Å². The van der Waals surface area contributed by atoms with Crippen molar-refractivity contribution in [1.29, 1.82) is 0 Å². The Labute approximate surface area is 197 Å². The first kappa shape index (κ1) is 21.5. The minimum Gasteiger partial charge on any atom is -0.381 e. The number of halogens is 1. The fraction of sp³-hybridized carbons (Fsp3) is 0.520. The van der Waals surface area contributed by atoms with E-state index in [1.807, 2.05) is 28.8 Å². The average Bonchev–Trinajstić information content (AvgIpc) is 3.22. The van der Waals surface area contributed by atoms with Crippen molar-refractivity contribution in [2.45, 2.75) is 51.6 Å². The third-order valence-corrected chi connectivity index (χ3v) is 7.97. The highest BCUT2D eigenvalue weighted by molar-refractivity contribution is 5.93. The highest BCUT2D eigenvalue weighted by Crippen LogP contribution is 2.59. The predicted octanol–water partition coefficient (Wildman–Crippen LogP) is 3.08. The zero-order valence-electron chi connectivity index (χ0n) is 19.1. The second-order valence-corrected chi connectivity index (χ2v) is 10.6. The second-order valence-electron chi connectivity index (χ2n) is 10.6. The molecule has 8 nitrogen and oxygen atoms in total. The van der Waals surface area contributed by atoms with Gasteiger partial charge < -0.3 is 16.4 Å². The molecule has 4 fully saturated rings. The zero-order valence-corrected chi connectivity index (χ0v) is 19.1. The highest BCUT2D eigenvalue weighted by atomic mass is 19.1. The van der Waals surface area contributed by atoms with Crippen LogP contribution in [0.3, 0.4) is 0 Å². The molecule has 4 aliphatic rings. The van der Waals surface area contributed by atoms with E-state index < -0.39 is 5.82 Å². The Hall–Kier alpha value is -3.07. The maximum absolute atomic E-state index is 13.2. The summed E-state index contributed by atoms with van der Waals surface area (Å²) in [6, 6.07) is 5.60. The lowest BCUT2D eigenvalue weighted by Gasteiger charge is -2.56. The van der Waals surface area contributed by atoms with E-state index >= 15 is 0 Å². The molecule has 178 valence electrons. The summed E-state index contributed by atoms with van der Waals surface area (Å²) in [5.74, 6) is 2.17. The van der Waals surface area contributed by atoms with E-state index in [9.17, 15) is 9.18 Å². The molecule has 9 heteroatoms. The SMILES string of the molecule is Nc1nc(CNCc2cn3c(C(=O)NCC45CC6CC(CC(C6)C4)C5)cccc3n2)ncc1F. The third kappa shape index (κ3) is 4.02. The fourth-order valence-electron chi connectivity index (χ4n) is 7.00. The molecular formula is C25H30FN7O. The lowest BCUT2D eigenvalue weighted by atomic mass is 9.49. The van der Waals surface area contributed by atoms with Gasteiger partial charge in [-0.25, -0.2) is 19.3 Å². The number of nitrogens with zero attached hydrogens (tertiary/aromatic N) is 4. The number of hydrogen-bond acceptors (Lipinski definition) is 6. The number of hydrogen-bond donors (Lipinski definition) is 3. The third-order valence-electron chi connectivity index (χ3n) is 7.97. The number of rotatable bonds is 7. The molecule has 4 N–H and O–H groups in total. The number of amides is 1. The number of carbonyl (C=O) groups is 1. The summed E-state index contributed by atoms with van der Waals surface area (Å²) in [4.78, 5) is 25.7. The van der Waals surface area contributed by atoms with Crippen molar-refractivity contribution in [3.05, 3.63) is 53.6 Å². The minimum atomic E-state index is -0.627. The summed E-state index contributed by atoms with van der Waals surface area (Å²) >= 11 is 0. The summed E-state index contributed by atoms with van der Waals surface area (Å²) in [6.45, 7) is 1.56. The number of fused-ring (bicyclic) bond motifs is 1. The van der Waals surface area contributed by atoms with E-state index in [4.69, 9.17) is 5.73 Å². The van der Waals surface area contributed by atoms with Crippen LogP contribution in [-0.4, -0.2) is 31.8 Å². The van der Waals surface area contributed by atoms with Crippen molar-refractivity contribution in [3.63, 3.8) is 0 Å². The molecule has 1 amide bonds.